The van der Waals surface area contributed by atoms with Crippen LogP contribution in [0.15, 0.2) is 72.8 Å². The first-order valence-corrected chi connectivity index (χ1v) is 10.3. The van der Waals surface area contributed by atoms with E-state index in [0.717, 1.165) is 34.5 Å². The topological polar surface area (TPSA) is 41.9 Å². The Morgan fingerprint density at radius 3 is 2.48 bits per heavy atom. The summed E-state index contributed by atoms with van der Waals surface area (Å²) in [6.07, 6.45) is -0.0381. The van der Waals surface area contributed by atoms with E-state index in [1.54, 1.807) is 24.3 Å². The maximum atomic E-state index is 12.3. The fourth-order valence-corrected chi connectivity index (χ4v) is 3.80. The van der Waals surface area contributed by atoms with Gasteiger partial charge in [0.1, 0.15) is 18.1 Å². The van der Waals surface area contributed by atoms with Crippen molar-refractivity contribution >= 4 is 0 Å². The summed E-state index contributed by atoms with van der Waals surface area (Å²) >= 11 is 0. The monoisotopic (exact) mass is 425 g/mol. The molecule has 0 spiro atoms. The molecule has 4 nitrogen and oxygen atoms in total. The highest BCUT2D eigenvalue weighted by Gasteiger charge is 2.18. The number of fused-ring (bicyclic) bond motifs is 1. The van der Waals surface area contributed by atoms with Gasteiger partial charge in [-0.3, -0.25) is 4.90 Å². The first-order chi connectivity index (χ1) is 15.1. The molecule has 0 unspecified atom stereocenters. The molecule has 0 radical (unpaired) electrons. The molecule has 31 heavy (non-hydrogen) atoms. The quantitative estimate of drug-likeness (QED) is 0.581. The lowest BCUT2D eigenvalue weighted by Gasteiger charge is -2.20. The summed E-state index contributed by atoms with van der Waals surface area (Å²) in [5.41, 5.74) is 3.98. The van der Waals surface area contributed by atoms with E-state index in [-0.39, 0.29) is 5.75 Å². The Labute approximate surface area is 180 Å². The number of ether oxygens (including phenoxy) is 2. The van der Waals surface area contributed by atoms with E-state index in [1.807, 2.05) is 48.5 Å². The zero-order valence-corrected chi connectivity index (χ0v) is 17.1. The molecule has 1 aliphatic rings. The van der Waals surface area contributed by atoms with Gasteiger partial charge in [0.2, 0.25) is 0 Å². The third kappa shape index (κ3) is 5.81. The molecule has 1 N–H and O–H groups in total. The number of aliphatic hydroxyl groups excluding tert-OH is 1. The molecule has 6 heteroatoms. The molecule has 0 amide bonds. The molecule has 3 aromatic carbocycles. The van der Waals surface area contributed by atoms with Gasteiger partial charge in [-0.05, 0) is 41.0 Å². The summed E-state index contributed by atoms with van der Waals surface area (Å²) in [7, 11) is 0. The van der Waals surface area contributed by atoms with Crippen LogP contribution in [0.2, 0.25) is 0 Å². The predicted molar refractivity (Wildman–Crippen MR) is 114 cm³/mol. The molecular formula is C25H25F2NO3. The van der Waals surface area contributed by atoms with Gasteiger partial charge < -0.3 is 14.6 Å². The molecule has 0 aromatic heterocycles. The number of hydrogen-bond donors (Lipinski definition) is 1. The second-order valence-electron chi connectivity index (χ2n) is 7.65. The average Bonchev–Trinajstić information content (AvgIpc) is 2.96. The molecule has 1 atom stereocenters. The van der Waals surface area contributed by atoms with Crippen LogP contribution in [0, 0.1) is 0 Å². The van der Waals surface area contributed by atoms with Crippen molar-refractivity contribution in [1.82, 2.24) is 4.90 Å². The number of nitrogens with zero attached hydrogens (tertiary/aromatic N) is 1. The van der Waals surface area contributed by atoms with Gasteiger partial charge in [-0.1, -0.05) is 48.5 Å². The van der Waals surface area contributed by atoms with Crippen molar-refractivity contribution < 1.29 is 23.4 Å². The molecule has 4 rings (SSSR count). The van der Waals surface area contributed by atoms with E-state index < -0.39 is 12.7 Å². The van der Waals surface area contributed by atoms with E-state index in [0.29, 0.717) is 26.1 Å². The predicted octanol–water partition coefficient (Wildman–Crippen LogP) is 4.96. The molecule has 162 valence electrons. The Kier molecular flexibility index (Phi) is 6.79. The minimum atomic E-state index is -2.82. The van der Waals surface area contributed by atoms with Crippen molar-refractivity contribution in [2.45, 2.75) is 32.2 Å². The second-order valence-corrected chi connectivity index (χ2v) is 7.65. The van der Waals surface area contributed by atoms with Crippen LogP contribution >= 0.6 is 0 Å². The van der Waals surface area contributed by atoms with E-state index in [9.17, 15) is 13.9 Å². The number of hydrogen-bond acceptors (Lipinski definition) is 4. The van der Waals surface area contributed by atoms with E-state index in [4.69, 9.17) is 4.74 Å². The third-order valence-corrected chi connectivity index (χ3v) is 5.35. The van der Waals surface area contributed by atoms with Crippen molar-refractivity contribution in [2.24, 2.45) is 0 Å². The number of halogens is 2. The summed E-state index contributed by atoms with van der Waals surface area (Å²) in [5.74, 6) is 0.985. The number of alkyl halides is 2. The molecular weight excluding hydrogens is 400 g/mol. The summed E-state index contributed by atoms with van der Waals surface area (Å²) in [6.45, 7) is -0.181. The number of aliphatic hydroxyl groups is 1. The van der Waals surface area contributed by atoms with Crippen molar-refractivity contribution in [3.63, 3.8) is 0 Å². The van der Waals surface area contributed by atoms with Gasteiger partial charge in [-0.25, -0.2) is 0 Å². The number of rotatable bonds is 7. The van der Waals surface area contributed by atoms with Crippen LogP contribution in [0.4, 0.5) is 8.78 Å². The van der Waals surface area contributed by atoms with Crippen LogP contribution < -0.4 is 9.47 Å². The highest BCUT2D eigenvalue weighted by molar-refractivity contribution is 5.39. The van der Waals surface area contributed by atoms with E-state index >= 15 is 0 Å². The normalized spacial score (nSPS) is 15.1. The SMILES string of the molecule is O[C@H](Cc1ccccc1)c1ccc2c(c1)CN(Cc1ccc(OC(F)F)cc1)CCO2. The lowest BCUT2D eigenvalue weighted by molar-refractivity contribution is -0.0498. The minimum Gasteiger partial charge on any atom is -0.492 e. The fourth-order valence-electron chi connectivity index (χ4n) is 3.80. The zero-order valence-electron chi connectivity index (χ0n) is 17.1. The third-order valence-electron chi connectivity index (χ3n) is 5.35. The molecule has 3 aromatic rings. The van der Waals surface area contributed by atoms with Crippen LogP contribution in [-0.2, 0) is 19.5 Å². The van der Waals surface area contributed by atoms with Crippen molar-refractivity contribution in [3.05, 3.63) is 95.1 Å². The highest BCUT2D eigenvalue weighted by atomic mass is 19.3. The summed E-state index contributed by atoms with van der Waals surface area (Å²) in [4.78, 5) is 2.24. The van der Waals surface area contributed by atoms with Gasteiger partial charge in [0.25, 0.3) is 0 Å². The zero-order chi connectivity index (χ0) is 21.6. The van der Waals surface area contributed by atoms with Crippen LogP contribution in [0.5, 0.6) is 11.5 Å². The van der Waals surface area contributed by atoms with Gasteiger partial charge >= 0.3 is 6.61 Å². The Bertz CT molecular complexity index is 980. The van der Waals surface area contributed by atoms with Gasteiger partial charge in [-0.2, -0.15) is 8.78 Å². The molecule has 1 heterocycles. The average molecular weight is 425 g/mol. The van der Waals surface area contributed by atoms with Crippen molar-refractivity contribution in [1.29, 1.82) is 0 Å². The van der Waals surface area contributed by atoms with E-state index in [1.165, 1.54) is 0 Å². The van der Waals surface area contributed by atoms with E-state index in [2.05, 4.69) is 9.64 Å². The van der Waals surface area contributed by atoms with Gasteiger partial charge in [0.15, 0.2) is 0 Å². The van der Waals surface area contributed by atoms with Gasteiger partial charge in [0, 0.05) is 31.6 Å². The Morgan fingerprint density at radius 1 is 0.968 bits per heavy atom. The first-order valence-electron chi connectivity index (χ1n) is 10.3. The Hall–Kier alpha value is -2.96. The van der Waals surface area contributed by atoms with Crippen molar-refractivity contribution in [2.75, 3.05) is 13.2 Å². The lowest BCUT2D eigenvalue weighted by Crippen LogP contribution is -2.25. The van der Waals surface area contributed by atoms with Crippen LogP contribution in [0.25, 0.3) is 0 Å². The summed E-state index contributed by atoms with van der Waals surface area (Å²) in [6, 6.07) is 22.5. The van der Waals surface area contributed by atoms with Crippen LogP contribution in [0.3, 0.4) is 0 Å². The molecule has 0 aliphatic carbocycles. The Morgan fingerprint density at radius 2 is 1.74 bits per heavy atom. The summed E-state index contributed by atoms with van der Waals surface area (Å²) in [5, 5.41) is 10.7. The van der Waals surface area contributed by atoms with Crippen LogP contribution in [-0.4, -0.2) is 29.8 Å². The standard InChI is InChI=1S/C25H25F2NO3/c26-25(27)31-22-9-6-19(7-10-22)16-28-12-13-30-24-11-8-20(15-21(24)17-28)23(29)14-18-4-2-1-3-5-18/h1-11,15,23,25,29H,12-14,16-17H2/t23-/m1/s1. The minimum absolute atomic E-state index is 0.153. The smallest absolute Gasteiger partial charge is 0.387 e. The maximum absolute atomic E-state index is 12.3. The Balaban J connectivity index is 1.44. The fraction of sp³-hybridized carbons (Fsp3) is 0.280. The highest BCUT2D eigenvalue weighted by Crippen LogP contribution is 2.29. The maximum Gasteiger partial charge on any atom is 0.387 e. The first kappa shape index (κ1) is 21.3. The summed E-state index contributed by atoms with van der Waals surface area (Å²) < 4.78 is 35.0. The molecule has 0 saturated heterocycles. The molecule has 0 bridgehead atoms. The van der Waals surface area contributed by atoms with Gasteiger partial charge in [0.05, 0.1) is 6.10 Å². The van der Waals surface area contributed by atoms with Crippen LogP contribution in [0.1, 0.15) is 28.4 Å². The lowest BCUT2D eigenvalue weighted by atomic mass is 9.99. The molecule has 0 saturated carbocycles. The number of benzene rings is 3. The molecule has 0 fully saturated rings. The largest absolute Gasteiger partial charge is 0.492 e. The van der Waals surface area contributed by atoms with Crippen molar-refractivity contribution in [3.8, 4) is 11.5 Å². The molecule has 1 aliphatic heterocycles. The second kappa shape index (κ2) is 9.90. The van der Waals surface area contributed by atoms with Gasteiger partial charge in [-0.15, -0.1) is 0 Å².